The van der Waals surface area contributed by atoms with Gasteiger partial charge in [-0.2, -0.15) is 0 Å². The van der Waals surface area contributed by atoms with Gasteiger partial charge in [0, 0.05) is 26.2 Å². The second kappa shape index (κ2) is 4.68. The van der Waals surface area contributed by atoms with Crippen LogP contribution in [0.15, 0.2) is 24.3 Å². The molecule has 1 aromatic carbocycles. The topological polar surface area (TPSA) is 64.6 Å². The van der Waals surface area contributed by atoms with Gasteiger partial charge in [0.2, 0.25) is 0 Å². The molecule has 0 spiro atoms. The van der Waals surface area contributed by atoms with Gasteiger partial charge in [-0.15, -0.1) is 0 Å². The standard InChI is InChI=1S/C13H17N3O2/c17-13(18)11-8-14-5-6-16(11)12-10-4-2-1-3-9(10)7-15-12/h1-4,11-12,14-15H,5-8H2,(H,17,18). The Morgan fingerprint density at radius 2 is 2.22 bits per heavy atom. The number of carboxylic acid groups (broad SMARTS) is 1. The quantitative estimate of drug-likeness (QED) is 0.694. The first-order chi connectivity index (χ1) is 8.77. The number of hydrogen-bond acceptors (Lipinski definition) is 4. The summed E-state index contributed by atoms with van der Waals surface area (Å²) in [7, 11) is 0. The molecule has 1 saturated heterocycles. The van der Waals surface area contributed by atoms with Crippen LogP contribution in [0, 0.1) is 0 Å². The summed E-state index contributed by atoms with van der Waals surface area (Å²) in [4.78, 5) is 13.4. The molecule has 0 saturated carbocycles. The van der Waals surface area contributed by atoms with E-state index in [9.17, 15) is 9.90 Å². The van der Waals surface area contributed by atoms with Crippen LogP contribution in [0.1, 0.15) is 17.3 Å². The zero-order chi connectivity index (χ0) is 12.5. The fourth-order valence-corrected chi connectivity index (χ4v) is 2.83. The molecule has 0 aromatic heterocycles. The Morgan fingerprint density at radius 3 is 3.06 bits per heavy atom. The molecule has 2 aliphatic rings. The highest BCUT2D eigenvalue weighted by Crippen LogP contribution is 2.29. The van der Waals surface area contributed by atoms with Gasteiger partial charge in [0.1, 0.15) is 6.04 Å². The van der Waals surface area contributed by atoms with E-state index in [0.717, 1.165) is 19.6 Å². The molecule has 1 fully saturated rings. The van der Waals surface area contributed by atoms with Crippen molar-refractivity contribution in [2.75, 3.05) is 19.6 Å². The molecule has 0 amide bonds. The third-order valence-electron chi connectivity index (χ3n) is 3.74. The molecule has 2 unspecified atom stereocenters. The minimum Gasteiger partial charge on any atom is -0.480 e. The van der Waals surface area contributed by atoms with Crippen molar-refractivity contribution in [2.45, 2.75) is 18.8 Å². The lowest BCUT2D eigenvalue weighted by Gasteiger charge is -2.38. The van der Waals surface area contributed by atoms with Crippen LogP contribution >= 0.6 is 0 Å². The molecule has 0 aliphatic carbocycles. The summed E-state index contributed by atoms with van der Waals surface area (Å²) < 4.78 is 0. The summed E-state index contributed by atoms with van der Waals surface area (Å²) in [6.45, 7) is 2.92. The van der Waals surface area contributed by atoms with E-state index in [0.29, 0.717) is 6.54 Å². The number of nitrogens with one attached hydrogen (secondary N) is 2. The van der Waals surface area contributed by atoms with Crippen LogP contribution in [0.3, 0.4) is 0 Å². The van der Waals surface area contributed by atoms with Gasteiger partial charge in [0.25, 0.3) is 0 Å². The van der Waals surface area contributed by atoms with Crippen molar-refractivity contribution < 1.29 is 9.90 Å². The summed E-state index contributed by atoms with van der Waals surface area (Å²) in [5, 5.41) is 15.9. The molecule has 1 aromatic rings. The van der Waals surface area contributed by atoms with Crippen molar-refractivity contribution in [3.05, 3.63) is 35.4 Å². The minimum absolute atomic E-state index is 0.0319. The highest BCUT2D eigenvalue weighted by Gasteiger charge is 2.36. The van der Waals surface area contributed by atoms with Gasteiger partial charge in [0.15, 0.2) is 0 Å². The van der Waals surface area contributed by atoms with Gasteiger partial charge in [-0.25, -0.2) is 0 Å². The summed E-state index contributed by atoms with van der Waals surface area (Å²) in [6.07, 6.45) is 0.0319. The van der Waals surface area contributed by atoms with Crippen LogP contribution in [0.2, 0.25) is 0 Å². The maximum atomic E-state index is 11.3. The number of benzene rings is 1. The van der Waals surface area contributed by atoms with Crippen LogP contribution in [0.5, 0.6) is 0 Å². The monoisotopic (exact) mass is 247 g/mol. The number of fused-ring (bicyclic) bond motifs is 1. The van der Waals surface area contributed by atoms with E-state index in [1.165, 1.54) is 11.1 Å². The number of aliphatic carboxylic acids is 1. The van der Waals surface area contributed by atoms with Gasteiger partial charge in [-0.05, 0) is 11.1 Å². The van der Waals surface area contributed by atoms with E-state index in [1.54, 1.807) is 0 Å². The number of carbonyl (C=O) groups is 1. The fourth-order valence-electron chi connectivity index (χ4n) is 2.83. The molecule has 18 heavy (non-hydrogen) atoms. The van der Waals surface area contributed by atoms with Crippen molar-refractivity contribution in [1.29, 1.82) is 0 Å². The first-order valence-electron chi connectivity index (χ1n) is 6.28. The molecule has 3 N–H and O–H groups in total. The summed E-state index contributed by atoms with van der Waals surface area (Å²) in [5.41, 5.74) is 2.48. The molecular formula is C13H17N3O2. The predicted molar refractivity (Wildman–Crippen MR) is 67.0 cm³/mol. The summed E-state index contributed by atoms with van der Waals surface area (Å²) in [5.74, 6) is -0.756. The third-order valence-corrected chi connectivity index (χ3v) is 3.74. The second-order valence-corrected chi connectivity index (χ2v) is 4.78. The summed E-state index contributed by atoms with van der Waals surface area (Å²) >= 11 is 0. The maximum Gasteiger partial charge on any atom is 0.322 e. The Balaban J connectivity index is 1.88. The van der Waals surface area contributed by atoms with Gasteiger partial charge in [-0.3, -0.25) is 15.0 Å². The predicted octanol–water partition coefficient (Wildman–Crippen LogP) is 0.147. The smallest absolute Gasteiger partial charge is 0.322 e. The molecule has 2 heterocycles. The molecule has 5 nitrogen and oxygen atoms in total. The number of piperazine rings is 1. The molecular weight excluding hydrogens is 230 g/mol. The second-order valence-electron chi connectivity index (χ2n) is 4.78. The van der Waals surface area contributed by atoms with E-state index in [-0.39, 0.29) is 6.17 Å². The van der Waals surface area contributed by atoms with E-state index >= 15 is 0 Å². The lowest BCUT2D eigenvalue weighted by atomic mass is 10.1. The van der Waals surface area contributed by atoms with Crippen LogP contribution in [0.25, 0.3) is 0 Å². The number of rotatable bonds is 2. The molecule has 5 heteroatoms. The van der Waals surface area contributed by atoms with Gasteiger partial charge < -0.3 is 10.4 Å². The first kappa shape index (κ1) is 11.6. The zero-order valence-electron chi connectivity index (χ0n) is 10.1. The van der Waals surface area contributed by atoms with Crippen molar-refractivity contribution in [2.24, 2.45) is 0 Å². The van der Waals surface area contributed by atoms with Crippen LogP contribution in [-0.4, -0.2) is 41.7 Å². The SMILES string of the molecule is O=C(O)C1CNCCN1C1NCc2ccccc21. The fraction of sp³-hybridized carbons (Fsp3) is 0.462. The lowest BCUT2D eigenvalue weighted by molar-refractivity contribution is -0.145. The normalized spacial score (nSPS) is 28.0. The largest absolute Gasteiger partial charge is 0.480 e. The number of nitrogens with zero attached hydrogens (tertiary/aromatic N) is 1. The highest BCUT2D eigenvalue weighted by molar-refractivity contribution is 5.74. The molecule has 2 atom stereocenters. The Labute approximate surface area is 106 Å². The van der Waals surface area contributed by atoms with E-state index in [2.05, 4.69) is 22.8 Å². The van der Waals surface area contributed by atoms with E-state index in [1.807, 2.05) is 17.0 Å². The van der Waals surface area contributed by atoms with Gasteiger partial charge >= 0.3 is 5.97 Å². The maximum absolute atomic E-state index is 11.3. The molecule has 2 aliphatic heterocycles. The van der Waals surface area contributed by atoms with Crippen molar-refractivity contribution >= 4 is 5.97 Å². The highest BCUT2D eigenvalue weighted by atomic mass is 16.4. The zero-order valence-corrected chi connectivity index (χ0v) is 10.1. The van der Waals surface area contributed by atoms with Gasteiger partial charge in [-0.1, -0.05) is 24.3 Å². The molecule has 96 valence electrons. The van der Waals surface area contributed by atoms with Crippen LogP contribution in [-0.2, 0) is 11.3 Å². The van der Waals surface area contributed by atoms with E-state index in [4.69, 9.17) is 0 Å². The van der Waals surface area contributed by atoms with Crippen LogP contribution < -0.4 is 10.6 Å². The van der Waals surface area contributed by atoms with Gasteiger partial charge in [0.05, 0.1) is 6.17 Å². The van der Waals surface area contributed by atoms with Crippen molar-refractivity contribution in [3.63, 3.8) is 0 Å². The average molecular weight is 247 g/mol. The Bertz CT molecular complexity index is 463. The lowest BCUT2D eigenvalue weighted by Crippen LogP contribution is -2.57. The third kappa shape index (κ3) is 1.90. The van der Waals surface area contributed by atoms with Crippen molar-refractivity contribution in [3.8, 4) is 0 Å². The Morgan fingerprint density at radius 1 is 1.39 bits per heavy atom. The number of carboxylic acids is 1. The van der Waals surface area contributed by atoms with Crippen molar-refractivity contribution in [1.82, 2.24) is 15.5 Å². The van der Waals surface area contributed by atoms with E-state index < -0.39 is 12.0 Å². The molecule has 0 bridgehead atoms. The molecule has 0 radical (unpaired) electrons. The molecule has 3 rings (SSSR count). The summed E-state index contributed by atoms with van der Waals surface area (Å²) in [6, 6.07) is 7.76. The number of hydrogen-bond donors (Lipinski definition) is 3. The Kier molecular flexibility index (Phi) is 3.03. The van der Waals surface area contributed by atoms with Crippen LogP contribution in [0.4, 0.5) is 0 Å². The first-order valence-corrected chi connectivity index (χ1v) is 6.28. The minimum atomic E-state index is -0.756. The average Bonchev–Trinajstić information content (AvgIpc) is 2.82. The Hall–Kier alpha value is -1.43.